The Labute approximate surface area is 194 Å². The van der Waals surface area contributed by atoms with Gasteiger partial charge >= 0.3 is 15.2 Å². The van der Waals surface area contributed by atoms with Crippen molar-refractivity contribution in [2.75, 3.05) is 18.1 Å². The maximum Gasteiger partial charge on any atom is 0.342 e. The second-order valence-electron chi connectivity index (χ2n) is 7.37. The van der Waals surface area contributed by atoms with E-state index >= 15 is 0 Å². The van der Waals surface area contributed by atoms with Gasteiger partial charge in [0.25, 0.3) is 0 Å². The lowest BCUT2D eigenvalue weighted by Crippen LogP contribution is -2.21. The summed E-state index contributed by atoms with van der Waals surface area (Å²) in [7, 11) is -10.2. The van der Waals surface area contributed by atoms with Crippen LogP contribution in [-0.4, -0.2) is 58.8 Å². The maximum atomic E-state index is 11.6. The quantitative estimate of drug-likeness (QED) is 0.208. The second kappa shape index (κ2) is 10.1. The fourth-order valence-electron chi connectivity index (χ4n) is 3.08. The highest BCUT2D eigenvalue weighted by molar-refractivity contribution is 7.98. The number of ether oxygens (including phenoxy) is 1. The van der Waals surface area contributed by atoms with Crippen LogP contribution in [0.15, 0.2) is 41.7 Å². The summed E-state index contributed by atoms with van der Waals surface area (Å²) in [5.41, 5.74) is 1.94. The first-order chi connectivity index (χ1) is 15.4. The Morgan fingerprint density at radius 3 is 2.24 bits per heavy atom. The summed E-state index contributed by atoms with van der Waals surface area (Å²) in [4.78, 5) is 50.3. The smallest absolute Gasteiger partial charge is 0.342 e. The second-order valence-corrected chi connectivity index (χ2v) is 12.2. The molecule has 33 heavy (non-hydrogen) atoms. The van der Waals surface area contributed by atoms with Crippen molar-refractivity contribution in [3.8, 4) is 16.9 Å². The SMILES string of the molecule is CSc1nc2ncnc(NCC(P(=O)(O)O)P(=O)(O)O)c2cc1-c1ccc(OC(C)C)cc1. The minimum atomic E-state index is -5.08. The molecule has 0 saturated heterocycles. The highest BCUT2D eigenvalue weighted by Crippen LogP contribution is 2.59. The fraction of sp³-hybridized carbons (Fsp3) is 0.316. The topological polar surface area (TPSA) is 175 Å². The Bertz CT molecular complexity index is 1210. The summed E-state index contributed by atoms with van der Waals surface area (Å²) >= 11 is 1.42. The standard InChI is InChI=1S/C19H24N4O7P2S/c1-11(2)30-13-6-4-12(5-7-13)14-8-15-17(21-10-22-18(15)23-19(14)33-3)20-9-16(31(24,25)26)32(27,28)29/h4-8,10-11,16H,9H2,1-3H3,(H2,24,25,26)(H2,27,28,29)(H,20,21,22,23). The van der Waals surface area contributed by atoms with Crippen molar-refractivity contribution in [2.24, 2.45) is 0 Å². The highest BCUT2D eigenvalue weighted by atomic mass is 32.2. The van der Waals surface area contributed by atoms with Gasteiger partial charge in [-0.2, -0.15) is 0 Å². The average molecular weight is 514 g/mol. The van der Waals surface area contributed by atoms with Crippen molar-refractivity contribution in [1.29, 1.82) is 0 Å². The number of aromatic nitrogens is 3. The van der Waals surface area contributed by atoms with Crippen LogP contribution in [-0.2, 0) is 9.13 Å². The largest absolute Gasteiger partial charge is 0.491 e. The molecule has 3 aromatic rings. The van der Waals surface area contributed by atoms with Gasteiger partial charge in [0.1, 0.15) is 22.9 Å². The first kappa shape index (κ1) is 25.6. The van der Waals surface area contributed by atoms with Gasteiger partial charge in [-0.05, 0) is 43.9 Å². The summed E-state index contributed by atoms with van der Waals surface area (Å²) < 4.78 is 28.8. The first-order valence-electron chi connectivity index (χ1n) is 9.71. The molecule has 0 aliphatic rings. The number of benzene rings is 1. The van der Waals surface area contributed by atoms with Crippen molar-refractivity contribution < 1.29 is 33.4 Å². The van der Waals surface area contributed by atoms with Crippen LogP contribution in [0.3, 0.4) is 0 Å². The predicted octanol–water partition coefficient (Wildman–Crippen LogP) is 3.29. The van der Waals surface area contributed by atoms with E-state index in [4.69, 9.17) is 4.74 Å². The summed E-state index contributed by atoms with van der Waals surface area (Å²) in [6.07, 6.45) is 3.12. The number of rotatable bonds is 9. The molecule has 0 aliphatic carbocycles. The first-order valence-corrected chi connectivity index (χ1v) is 14.3. The zero-order valence-electron chi connectivity index (χ0n) is 18.0. The molecule has 0 amide bonds. The molecule has 178 valence electrons. The van der Waals surface area contributed by atoms with Crippen molar-refractivity contribution in [3.05, 3.63) is 36.7 Å². The van der Waals surface area contributed by atoms with Gasteiger partial charge in [-0.1, -0.05) is 12.1 Å². The molecule has 1 aromatic carbocycles. The van der Waals surface area contributed by atoms with Gasteiger partial charge in [0.05, 0.1) is 11.5 Å². The lowest BCUT2D eigenvalue weighted by atomic mass is 10.1. The van der Waals surface area contributed by atoms with Gasteiger partial charge in [-0.3, -0.25) is 9.13 Å². The van der Waals surface area contributed by atoms with Crippen molar-refractivity contribution >= 4 is 43.8 Å². The number of hydrogen-bond donors (Lipinski definition) is 5. The van der Waals surface area contributed by atoms with E-state index in [9.17, 15) is 28.7 Å². The van der Waals surface area contributed by atoms with E-state index in [0.29, 0.717) is 16.1 Å². The minimum absolute atomic E-state index is 0.0378. The van der Waals surface area contributed by atoms with Crippen molar-refractivity contribution in [3.63, 3.8) is 0 Å². The van der Waals surface area contributed by atoms with Gasteiger partial charge < -0.3 is 29.6 Å². The van der Waals surface area contributed by atoms with Crippen LogP contribution >= 0.6 is 27.0 Å². The molecule has 0 radical (unpaired) electrons. The van der Waals surface area contributed by atoms with Crippen LogP contribution in [0.5, 0.6) is 5.75 Å². The fourth-order valence-corrected chi connectivity index (χ4v) is 5.88. The van der Waals surface area contributed by atoms with Crippen molar-refractivity contribution in [2.45, 2.75) is 30.4 Å². The number of nitrogens with zero attached hydrogens (tertiary/aromatic N) is 3. The Balaban J connectivity index is 2.02. The molecule has 0 unspecified atom stereocenters. The molecule has 14 heteroatoms. The molecule has 11 nitrogen and oxygen atoms in total. The molecule has 0 bridgehead atoms. The monoisotopic (exact) mass is 514 g/mol. The van der Waals surface area contributed by atoms with Crippen LogP contribution in [0.4, 0.5) is 5.82 Å². The van der Waals surface area contributed by atoms with Crippen LogP contribution in [0, 0.1) is 0 Å². The van der Waals surface area contributed by atoms with Gasteiger partial charge in [0, 0.05) is 12.1 Å². The van der Waals surface area contributed by atoms with E-state index in [-0.39, 0.29) is 11.9 Å². The van der Waals surface area contributed by atoms with Gasteiger partial charge in [-0.15, -0.1) is 11.8 Å². The zero-order valence-corrected chi connectivity index (χ0v) is 20.6. The van der Waals surface area contributed by atoms with Crippen LogP contribution < -0.4 is 10.1 Å². The number of anilines is 1. The lowest BCUT2D eigenvalue weighted by molar-refractivity contribution is 0.242. The Kier molecular flexibility index (Phi) is 7.80. The van der Waals surface area contributed by atoms with Gasteiger partial charge in [0.2, 0.25) is 0 Å². The highest BCUT2D eigenvalue weighted by Gasteiger charge is 2.43. The molecule has 0 saturated carbocycles. The number of nitrogens with one attached hydrogen (secondary N) is 1. The van der Waals surface area contributed by atoms with Gasteiger partial charge in [-0.25, -0.2) is 15.0 Å². The molecular formula is C19H24N4O7P2S. The number of thioether (sulfide) groups is 1. The predicted molar refractivity (Wildman–Crippen MR) is 127 cm³/mol. The normalized spacial score (nSPS) is 12.5. The average Bonchev–Trinajstić information content (AvgIpc) is 2.71. The van der Waals surface area contributed by atoms with E-state index < -0.39 is 27.1 Å². The molecule has 0 fully saturated rings. The third kappa shape index (κ3) is 6.30. The molecular weight excluding hydrogens is 490 g/mol. The van der Waals surface area contributed by atoms with E-state index in [1.807, 2.05) is 44.4 Å². The van der Waals surface area contributed by atoms with Crippen LogP contribution in [0.2, 0.25) is 0 Å². The Hall–Kier alpha value is -2.04. The van der Waals surface area contributed by atoms with E-state index in [1.165, 1.54) is 18.1 Å². The summed E-state index contributed by atoms with van der Waals surface area (Å²) in [5, 5.41) is 1.57. The number of hydrogen-bond acceptors (Lipinski definition) is 8. The van der Waals surface area contributed by atoms with Crippen LogP contribution in [0.1, 0.15) is 13.8 Å². The van der Waals surface area contributed by atoms with E-state index in [0.717, 1.165) is 16.9 Å². The molecule has 3 rings (SSSR count). The number of fused-ring (bicyclic) bond motifs is 1. The summed E-state index contributed by atoms with van der Waals surface area (Å²) in [6.45, 7) is 3.18. The molecule has 5 N–H and O–H groups in total. The lowest BCUT2D eigenvalue weighted by Gasteiger charge is -2.20. The maximum absolute atomic E-state index is 11.6. The summed E-state index contributed by atoms with van der Waals surface area (Å²) in [5.74, 6) is 0.868. The molecule has 0 spiro atoms. The third-order valence-electron chi connectivity index (χ3n) is 4.55. The van der Waals surface area contributed by atoms with Gasteiger partial charge in [0.15, 0.2) is 11.0 Å². The molecule has 0 atom stereocenters. The summed E-state index contributed by atoms with van der Waals surface area (Å²) in [6, 6.07) is 9.23. The zero-order chi connectivity index (χ0) is 24.4. The third-order valence-corrected chi connectivity index (χ3v) is 8.97. The Morgan fingerprint density at radius 1 is 1.06 bits per heavy atom. The van der Waals surface area contributed by atoms with Crippen molar-refractivity contribution in [1.82, 2.24) is 15.0 Å². The number of pyridine rings is 1. The minimum Gasteiger partial charge on any atom is -0.491 e. The Morgan fingerprint density at radius 2 is 1.70 bits per heavy atom. The molecule has 2 aromatic heterocycles. The molecule has 2 heterocycles. The van der Waals surface area contributed by atoms with E-state index in [1.54, 1.807) is 6.07 Å². The van der Waals surface area contributed by atoms with Crippen LogP contribution in [0.25, 0.3) is 22.2 Å². The molecule has 0 aliphatic heterocycles. The van der Waals surface area contributed by atoms with E-state index in [2.05, 4.69) is 20.3 Å².